The maximum atomic E-state index is 11.4. The highest BCUT2D eigenvalue weighted by molar-refractivity contribution is 9.10. The Bertz CT molecular complexity index is 491. The van der Waals surface area contributed by atoms with Gasteiger partial charge in [-0.15, -0.1) is 0 Å². The lowest BCUT2D eigenvalue weighted by Crippen LogP contribution is -2.19. The lowest BCUT2D eigenvalue weighted by Gasteiger charge is -2.24. The van der Waals surface area contributed by atoms with E-state index in [1.807, 2.05) is 12.1 Å². The van der Waals surface area contributed by atoms with Crippen LogP contribution in [0.15, 0.2) is 16.6 Å². The van der Waals surface area contributed by atoms with E-state index in [9.17, 15) is 4.79 Å². The molecule has 1 unspecified atom stereocenters. The van der Waals surface area contributed by atoms with Crippen molar-refractivity contribution in [2.75, 3.05) is 5.32 Å². The average molecular weight is 311 g/mol. The van der Waals surface area contributed by atoms with Crippen molar-refractivity contribution in [3.05, 3.63) is 27.7 Å². The Balaban J connectivity index is 2.30. The number of amides is 1. The number of anilines is 1. The molecule has 0 spiro atoms. The van der Waals surface area contributed by atoms with E-state index in [4.69, 9.17) is 5.73 Å². The van der Waals surface area contributed by atoms with Gasteiger partial charge in [0.15, 0.2) is 0 Å². The van der Waals surface area contributed by atoms with E-state index in [1.165, 1.54) is 0 Å². The number of hydrogen-bond donors (Lipinski definition) is 2. The summed E-state index contributed by atoms with van der Waals surface area (Å²) in [5.74, 6) is 0.0541. The van der Waals surface area contributed by atoms with Gasteiger partial charge in [0.1, 0.15) is 0 Å². The number of nitrogens with one attached hydrogen (secondary N) is 1. The van der Waals surface area contributed by atoms with Gasteiger partial charge in [-0.1, -0.05) is 42.8 Å². The molecule has 0 aliphatic carbocycles. The van der Waals surface area contributed by atoms with E-state index < -0.39 is 0 Å². The highest BCUT2D eigenvalue weighted by Crippen LogP contribution is 2.36. The van der Waals surface area contributed by atoms with Crippen molar-refractivity contribution in [2.45, 2.75) is 39.7 Å². The summed E-state index contributed by atoms with van der Waals surface area (Å²) in [4.78, 5) is 11.4. The number of carbonyl (C=O) groups excluding carboxylic acids is 1. The van der Waals surface area contributed by atoms with Crippen LogP contribution in [0.1, 0.15) is 44.4 Å². The number of hydrogen-bond acceptors (Lipinski definition) is 2. The molecule has 1 aliphatic heterocycles. The van der Waals surface area contributed by atoms with Gasteiger partial charge in [0.2, 0.25) is 5.91 Å². The molecule has 1 heterocycles. The molecule has 1 atom stereocenters. The molecule has 1 aliphatic rings. The first-order valence-electron chi connectivity index (χ1n) is 6.14. The summed E-state index contributed by atoms with van der Waals surface area (Å²) in [6.07, 6.45) is 1.36. The van der Waals surface area contributed by atoms with Crippen molar-refractivity contribution in [1.82, 2.24) is 0 Å². The first kappa shape index (κ1) is 13.6. The molecule has 3 N–H and O–H groups in total. The van der Waals surface area contributed by atoms with Gasteiger partial charge in [-0.05, 0) is 29.0 Å². The van der Waals surface area contributed by atoms with Crippen molar-refractivity contribution in [3.63, 3.8) is 0 Å². The predicted octanol–water partition coefficient (Wildman–Crippen LogP) is 3.38. The van der Waals surface area contributed by atoms with Crippen molar-refractivity contribution >= 4 is 27.5 Å². The zero-order chi connectivity index (χ0) is 13.5. The number of nitrogens with two attached hydrogens (primary N) is 1. The van der Waals surface area contributed by atoms with Crippen LogP contribution in [0, 0.1) is 5.41 Å². The molecule has 0 aromatic heterocycles. The van der Waals surface area contributed by atoms with Crippen LogP contribution in [0.25, 0.3) is 0 Å². The van der Waals surface area contributed by atoms with Crippen LogP contribution in [0.3, 0.4) is 0 Å². The summed E-state index contributed by atoms with van der Waals surface area (Å²) in [5, 5.41) is 2.84. The molecular weight excluding hydrogens is 292 g/mol. The highest BCUT2D eigenvalue weighted by atomic mass is 79.9. The third kappa shape index (κ3) is 2.93. The Kier molecular flexibility index (Phi) is 3.52. The standard InChI is InChI=1S/C14H19BrN2O/c1-14(2,3)7-11(16)9-4-8-5-13(18)17-12(8)6-10(9)15/h4,6,11H,5,7,16H2,1-3H3,(H,17,18). The van der Waals surface area contributed by atoms with E-state index in [-0.39, 0.29) is 17.4 Å². The molecule has 3 nitrogen and oxygen atoms in total. The van der Waals surface area contributed by atoms with Crippen LogP contribution in [0.2, 0.25) is 0 Å². The van der Waals surface area contributed by atoms with Crippen LogP contribution in [-0.4, -0.2) is 5.91 Å². The van der Waals surface area contributed by atoms with Gasteiger partial charge in [-0.2, -0.15) is 0 Å². The number of halogens is 1. The summed E-state index contributed by atoms with van der Waals surface area (Å²) in [6, 6.07) is 3.99. The van der Waals surface area contributed by atoms with Gasteiger partial charge in [0.25, 0.3) is 0 Å². The minimum absolute atomic E-state index is 0.0135. The largest absolute Gasteiger partial charge is 0.325 e. The second-order valence-electron chi connectivity index (χ2n) is 6.13. The molecule has 0 fully saturated rings. The van der Waals surface area contributed by atoms with Gasteiger partial charge in [-0.3, -0.25) is 4.79 Å². The summed E-state index contributed by atoms with van der Waals surface area (Å²) >= 11 is 3.55. The second kappa shape index (κ2) is 4.67. The molecule has 2 rings (SSSR count). The maximum absolute atomic E-state index is 11.4. The quantitative estimate of drug-likeness (QED) is 0.880. The number of rotatable bonds is 2. The van der Waals surface area contributed by atoms with E-state index in [0.717, 1.165) is 27.7 Å². The zero-order valence-electron chi connectivity index (χ0n) is 11.0. The van der Waals surface area contributed by atoms with Crippen LogP contribution in [-0.2, 0) is 11.2 Å². The minimum Gasteiger partial charge on any atom is -0.325 e. The first-order chi connectivity index (χ1) is 8.26. The van der Waals surface area contributed by atoms with Crippen LogP contribution in [0.5, 0.6) is 0 Å². The number of carbonyl (C=O) groups is 1. The van der Waals surface area contributed by atoms with Crippen LogP contribution < -0.4 is 11.1 Å². The van der Waals surface area contributed by atoms with Gasteiger partial charge in [0.05, 0.1) is 6.42 Å². The fourth-order valence-electron chi connectivity index (χ4n) is 2.32. The van der Waals surface area contributed by atoms with Gasteiger partial charge in [-0.25, -0.2) is 0 Å². The third-order valence-corrected chi connectivity index (χ3v) is 3.77. The fourth-order valence-corrected chi connectivity index (χ4v) is 2.96. The van der Waals surface area contributed by atoms with Gasteiger partial charge >= 0.3 is 0 Å². The molecule has 98 valence electrons. The molecule has 1 aromatic rings. The Morgan fingerprint density at radius 2 is 2.11 bits per heavy atom. The Morgan fingerprint density at radius 3 is 2.72 bits per heavy atom. The number of benzene rings is 1. The second-order valence-corrected chi connectivity index (χ2v) is 6.98. The lowest BCUT2D eigenvalue weighted by atomic mass is 9.85. The maximum Gasteiger partial charge on any atom is 0.228 e. The molecule has 1 aromatic carbocycles. The highest BCUT2D eigenvalue weighted by Gasteiger charge is 2.23. The molecule has 18 heavy (non-hydrogen) atoms. The summed E-state index contributed by atoms with van der Waals surface area (Å²) in [5.41, 5.74) is 9.49. The molecule has 0 bridgehead atoms. The monoisotopic (exact) mass is 310 g/mol. The van der Waals surface area contributed by atoms with E-state index >= 15 is 0 Å². The minimum atomic E-state index is -0.0135. The number of fused-ring (bicyclic) bond motifs is 1. The molecule has 1 amide bonds. The third-order valence-electron chi connectivity index (χ3n) is 3.08. The Morgan fingerprint density at radius 1 is 1.44 bits per heavy atom. The Hall–Kier alpha value is -0.870. The SMILES string of the molecule is CC(C)(C)CC(N)c1cc2c(cc1Br)NC(=O)C2. The van der Waals surface area contributed by atoms with Crippen molar-refractivity contribution in [3.8, 4) is 0 Å². The Labute approximate surface area is 116 Å². The fraction of sp³-hybridized carbons (Fsp3) is 0.500. The molecular formula is C14H19BrN2O. The zero-order valence-corrected chi connectivity index (χ0v) is 12.6. The van der Waals surface area contributed by atoms with Gasteiger partial charge < -0.3 is 11.1 Å². The van der Waals surface area contributed by atoms with E-state index in [1.54, 1.807) is 0 Å². The summed E-state index contributed by atoms with van der Waals surface area (Å²) in [7, 11) is 0. The predicted molar refractivity (Wildman–Crippen MR) is 77.5 cm³/mol. The van der Waals surface area contributed by atoms with Crippen molar-refractivity contribution in [1.29, 1.82) is 0 Å². The van der Waals surface area contributed by atoms with E-state index in [0.29, 0.717) is 6.42 Å². The van der Waals surface area contributed by atoms with Gasteiger partial charge in [0, 0.05) is 16.2 Å². The van der Waals surface area contributed by atoms with Crippen molar-refractivity contribution in [2.24, 2.45) is 11.1 Å². The molecule has 0 saturated heterocycles. The summed E-state index contributed by atoms with van der Waals surface area (Å²) in [6.45, 7) is 6.54. The van der Waals surface area contributed by atoms with Crippen molar-refractivity contribution < 1.29 is 4.79 Å². The topological polar surface area (TPSA) is 55.1 Å². The van der Waals surface area contributed by atoms with E-state index in [2.05, 4.69) is 42.0 Å². The molecule has 0 radical (unpaired) electrons. The van der Waals surface area contributed by atoms with Crippen LogP contribution in [0.4, 0.5) is 5.69 Å². The van der Waals surface area contributed by atoms with Crippen LogP contribution >= 0.6 is 15.9 Å². The summed E-state index contributed by atoms with van der Waals surface area (Å²) < 4.78 is 0.972. The normalized spacial score (nSPS) is 16.4. The molecule has 0 saturated carbocycles. The first-order valence-corrected chi connectivity index (χ1v) is 6.93. The smallest absolute Gasteiger partial charge is 0.228 e. The average Bonchev–Trinajstić information content (AvgIpc) is 2.53. The lowest BCUT2D eigenvalue weighted by molar-refractivity contribution is -0.115. The molecule has 4 heteroatoms.